The molecule has 212 valence electrons. The second-order valence-corrected chi connectivity index (χ2v) is 11.3. The van der Waals surface area contributed by atoms with Gasteiger partial charge in [-0.1, -0.05) is 19.1 Å². The fraction of sp³-hybridized carbons (Fsp3) is 0.567. The number of esters is 2. The number of methoxy groups -OCH3 is 1. The molecule has 4 rings (SSSR count). The Balaban J connectivity index is 2.05. The first kappa shape index (κ1) is 28.8. The summed E-state index contributed by atoms with van der Waals surface area (Å²) in [7, 11) is 1.48. The van der Waals surface area contributed by atoms with Gasteiger partial charge in [0.25, 0.3) is 0 Å². The number of Topliss-reactive ketones (excluding diaryl/α,β-unsaturated/α-hetero) is 1. The van der Waals surface area contributed by atoms with E-state index in [9.17, 15) is 24.6 Å². The molecule has 2 fully saturated rings. The van der Waals surface area contributed by atoms with Crippen LogP contribution in [-0.2, 0) is 28.6 Å². The molecule has 2 N–H and O–H groups in total. The number of carbonyl (C=O) groups excluding carboxylic acids is 3. The van der Waals surface area contributed by atoms with Crippen molar-refractivity contribution in [3.8, 4) is 0 Å². The maximum absolute atomic E-state index is 14.1. The van der Waals surface area contributed by atoms with E-state index in [4.69, 9.17) is 14.2 Å². The van der Waals surface area contributed by atoms with Crippen molar-refractivity contribution in [2.75, 3.05) is 26.8 Å². The van der Waals surface area contributed by atoms with Crippen molar-refractivity contribution in [3.63, 3.8) is 0 Å². The third-order valence-electron chi connectivity index (χ3n) is 9.16. The maximum atomic E-state index is 14.1. The van der Waals surface area contributed by atoms with Gasteiger partial charge < -0.3 is 29.3 Å². The zero-order chi connectivity index (χ0) is 28.9. The minimum Gasteiger partial charge on any atom is -0.504 e. The van der Waals surface area contributed by atoms with Crippen molar-refractivity contribution in [3.05, 3.63) is 59.1 Å². The number of allylic oxidation sites excluding steroid dienone is 2. The lowest BCUT2D eigenvalue weighted by Gasteiger charge is -2.54. The topological polar surface area (TPSA) is 123 Å². The molecule has 0 radical (unpaired) electrons. The first-order valence-corrected chi connectivity index (χ1v) is 13.3. The molecule has 4 aliphatic rings. The molecule has 0 amide bonds. The Hall–Kier alpha value is -3.17. The minimum atomic E-state index is -1.25. The fourth-order valence-electron chi connectivity index (χ4n) is 7.27. The molecule has 0 aromatic heterocycles. The lowest BCUT2D eigenvalue weighted by Crippen LogP contribution is -2.57. The lowest BCUT2D eigenvalue weighted by molar-refractivity contribution is -0.161. The standard InChI is InChI=1S/C30H39NO8/c1-8-12-31(13-9-2)16(3)22-25-27(35)26(34)23-18-10-11-20(33)29(18,5)14-19(38-17(4)32)24(23)30(25,6)21(15-37-7)39-28(22)36/h8-9,18-21,33,35H,1-2,10-15H2,3-7H3/b22-16+/t18-,19+,20?,21+,29-,30+/m0/s1. The number of hydrogen-bond donors (Lipinski definition) is 2. The molecule has 0 aromatic rings. The first-order valence-electron chi connectivity index (χ1n) is 13.3. The van der Waals surface area contributed by atoms with Gasteiger partial charge in [0.15, 0.2) is 5.76 Å². The zero-order valence-corrected chi connectivity index (χ0v) is 23.4. The third kappa shape index (κ3) is 4.26. The maximum Gasteiger partial charge on any atom is 0.340 e. The van der Waals surface area contributed by atoms with Gasteiger partial charge in [0.1, 0.15) is 12.2 Å². The highest BCUT2D eigenvalue weighted by molar-refractivity contribution is 6.13. The molecule has 0 bridgehead atoms. The summed E-state index contributed by atoms with van der Waals surface area (Å²) in [5, 5.41) is 22.6. The van der Waals surface area contributed by atoms with Crippen LogP contribution in [0.25, 0.3) is 0 Å². The van der Waals surface area contributed by atoms with Crippen molar-refractivity contribution in [1.82, 2.24) is 4.90 Å². The van der Waals surface area contributed by atoms with E-state index in [-0.39, 0.29) is 23.7 Å². The van der Waals surface area contributed by atoms with E-state index in [1.54, 1.807) is 26.0 Å². The van der Waals surface area contributed by atoms with Crippen LogP contribution in [0, 0.1) is 16.7 Å². The second kappa shape index (κ2) is 10.4. The van der Waals surface area contributed by atoms with Crippen LogP contribution in [0.4, 0.5) is 0 Å². The summed E-state index contributed by atoms with van der Waals surface area (Å²) in [5.41, 5.74) is -0.444. The largest absolute Gasteiger partial charge is 0.504 e. The second-order valence-electron chi connectivity index (χ2n) is 11.3. The number of hydrogen-bond acceptors (Lipinski definition) is 9. The van der Waals surface area contributed by atoms with Crippen molar-refractivity contribution in [2.45, 2.75) is 65.3 Å². The predicted molar refractivity (Wildman–Crippen MR) is 143 cm³/mol. The smallest absolute Gasteiger partial charge is 0.340 e. The Morgan fingerprint density at radius 2 is 1.82 bits per heavy atom. The molecule has 1 aliphatic heterocycles. The summed E-state index contributed by atoms with van der Waals surface area (Å²) in [6.45, 7) is 15.1. The molecule has 0 aromatic carbocycles. The molecule has 1 saturated carbocycles. The fourth-order valence-corrected chi connectivity index (χ4v) is 7.27. The Morgan fingerprint density at radius 1 is 1.18 bits per heavy atom. The Labute approximate surface area is 229 Å². The van der Waals surface area contributed by atoms with Crippen LogP contribution in [0.2, 0.25) is 0 Å². The van der Waals surface area contributed by atoms with Gasteiger partial charge in [0, 0.05) is 49.4 Å². The Kier molecular flexibility index (Phi) is 7.71. The zero-order valence-electron chi connectivity index (χ0n) is 23.4. The van der Waals surface area contributed by atoms with Gasteiger partial charge in [-0.05, 0) is 44.6 Å². The van der Waals surface area contributed by atoms with Gasteiger partial charge in [-0.3, -0.25) is 9.59 Å². The number of cyclic esters (lactones) is 1. The molecule has 1 unspecified atom stereocenters. The number of ether oxygens (including phenoxy) is 3. The summed E-state index contributed by atoms with van der Waals surface area (Å²) >= 11 is 0. The summed E-state index contributed by atoms with van der Waals surface area (Å²) < 4.78 is 17.3. The van der Waals surface area contributed by atoms with Crippen LogP contribution in [0.1, 0.15) is 47.0 Å². The lowest BCUT2D eigenvalue weighted by atomic mass is 9.53. The van der Waals surface area contributed by atoms with E-state index in [0.717, 1.165) is 0 Å². The highest BCUT2D eigenvalue weighted by Crippen LogP contribution is 2.63. The van der Waals surface area contributed by atoms with E-state index in [0.29, 0.717) is 49.2 Å². The number of fused-ring (bicyclic) bond motifs is 4. The number of ketones is 1. The number of aliphatic hydroxyl groups excluding tert-OH is 2. The molecule has 9 nitrogen and oxygen atoms in total. The van der Waals surface area contributed by atoms with Crippen molar-refractivity contribution < 1.29 is 38.8 Å². The quantitative estimate of drug-likeness (QED) is 0.271. The van der Waals surface area contributed by atoms with Crippen LogP contribution < -0.4 is 0 Å². The number of carbonyl (C=O) groups is 3. The average Bonchev–Trinajstić information content (AvgIpc) is 3.16. The minimum absolute atomic E-state index is 0.0172. The molecule has 39 heavy (non-hydrogen) atoms. The molecule has 6 atom stereocenters. The van der Waals surface area contributed by atoms with Gasteiger partial charge in [-0.2, -0.15) is 0 Å². The van der Waals surface area contributed by atoms with Gasteiger partial charge in [0.05, 0.1) is 23.7 Å². The number of nitrogens with zero attached hydrogens (tertiary/aromatic N) is 1. The van der Waals surface area contributed by atoms with Crippen molar-refractivity contribution in [2.24, 2.45) is 16.7 Å². The van der Waals surface area contributed by atoms with E-state index in [1.807, 2.05) is 11.8 Å². The number of rotatable bonds is 8. The molecule has 1 saturated heterocycles. The van der Waals surface area contributed by atoms with Crippen LogP contribution >= 0.6 is 0 Å². The van der Waals surface area contributed by atoms with Gasteiger partial charge >= 0.3 is 11.9 Å². The van der Waals surface area contributed by atoms with Crippen LogP contribution in [0.3, 0.4) is 0 Å². The van der Waals surface area contributed by atoms with E-state index < -0.39 is 52.6 Å². The van der Waals surface area contributed by atoms with E-state index in [2.05, 4.69) is 13.2 Å². The number of aliphatic hydroxyl groups is 2. The Bertz CT molecular complexity index is 1200. The SMILES string of the molecule is C=CCN(CC=C)/C(C)=C1/C(=O)O[C@H](COC)[C@@]2(C)C1=C(O)C(=O)C1=C2[C@H](OC(C)=O)C[C@]2(C)C(O)CC[C@@H]12. The highest BCUT2D eigenvalue weighted by Gasteiger charge is 2.64. The summed E-state index contributed by atoms with van der Waals surface area (Å²) in [6, 6.07) is 0. The van der Waals surface area contributed by atoms with Gasteiger partial charge in [0.2, 0.25) is 5.78 Å². The summed E-state index contributed by atoms with van der Waals surface area (Å²) in [4.78, 5) is 41.9. The molecule has 9 heteroatoms. The van der Waals surface area contributed by atoms with E-state index >= 15 is 0 Å². The molecule has 1 heterocycles. The first-order chi connectivity index (χ1) is 18.4. The van der Waals surface area contributed by atoms with Gasteiger partial charge in [-0.15, -0.1) is 13.2 Å². The van der Waals surface area contributed by atoms with Crippen LogP contribution in [0.5, 0.6) is 0 Å². The van der Waals surface area contributed by atoms with Crippen molar-refractivity contribution in [1.29, 1.82) is 0 Å². The molecule has 3 aliphatic carbocycles. The summed E-state index contributed by atoms with van der Waals surface area (Å²) in [5.74, 6) is -2.74. The average molecular weight is 542 g/mol. The monoisotopic (exact) mass is 541 g/mol. The summed E-state index contributed by atoms with van der Waals surface area (Å²) in [6.07, 6.45) is 2.17. The van der Waals surface area contributed by atoms with E-state index in [1.165, 1.54) is 14.0 Å². The molecular formula is C30H39NO8. The molecule has 0 spiro atoms. The van der Waals surface area contributed by atoms with Gasteiger partial charge in [-0.25, -0.2) is 4.79 Å². The normalized spacial score (nSPS) is 35.0. The van der Waals surface area contributed by atoms with Crippen LogP contribution in [-0.4, -0.2) is 78.0 Å². The third-order valence-corrected chi connectivity index (χ3v) is 9.16. The molecular weight excluding hydrogens is 502 g/mol. The Morgan fingerprint density at radius 3 is 2.38 bits per heavy atom. The van der Waals surface area contributed by atoms with Crippen LogP contribution in [0.15, 0.2) is 59.1 Å². The highest BCUT2D eigenvalue weighted by atomic mass is 16.6. The predicted octanol–water partition coefficient (Wildman–Crippen LogP) is 3.32. The van der Waals surface area contributed by atoms with Crippen molar-refractivity contribution >= 4 is 17.7 Å².